The van der Waals surface area contributed by atoms with Crippen LogP contribution in [0.25, 0.3) is 0 Å². The lowest BCUT2D eigenvalue weighted by Crippen LogP contribution is -2.32. The van der Waals surface area contributed by atoms with Crippen molar-refractivity contribution in [2.24, 2.45) is 0 Å². The molecule has 0 aliphatic heterocycles. The predicted octanol–water partition coefficient (Wildman–Crippen LogP) is 2.38. The molecular formula is C19H21ClN2O5S. The molecule has 1 amide bonds. The molecule has 0 bridgehead atoms. The summed E-state index contributed by atoms with van der Waals surface area (Å²) in [5.41, 5.74) is 0.536. The van der Waals surface area contributed by atoms with Crippen molar-refractivity contribution in [1.82, 2.24) is 9.62 Å². The molecule has 0 saturated carbocycles. The van der Waals surface area contributed by atoms with Crippen molar-refractivity contribution in [1.29, 1.82) is 0 Å². The highest BCUT2D eigenvalue weighted by Crippen LogP contribution is 2.20. The Morgan fingerprint density at radius 2 is 1.79 bits per heavy atom. The summed E-state index contributed by atoms with van der Waals surface area (Å²) in [7, 11) is -0.685. The fourth-order valence-electron chi connectivity index (χ4n) is 2.32. The number of ether oxygens (including phenoxy) is 1. The van der Waals surface area contributed by atoms with Gasteiger partial charge in [0, 0.05) is 31.2 Å². The van der Waals surface area contributed by atoms with Crippen molar-refractivity contribution in [3.8, 4) is 0 Å². The maximum atomic E-state index is 12.4. The molecule has 28 heavy (non-hydrogen) atoms. The molecule has 0 spiro atoms. The van der Waals surface area contributed by atoms with Crippen LogP contribution in [-0.4, -0.2) is 45.8 Å². The van der Waals surface area contributed by atoms with E-state index in [1.165, 1.54) is 23.1 Å². The highest BCUT2D eigenvalue weighted by Gasteiger charge is 2.26. The Morgan fingerprint density at radius 1 is 1.11 bits per heavy atom. The van der Waals surface area contributed by atoms with Crippen molar-refractivity contribution in [3.05, 3.63) is 65.2 Å². The first kappa shape index (κ1) is 21.9. The van der Waals surface area contributed by atoms with Crippen LogP contribution in [0, 0.1) is 0 Å². The van der Waals surface area contributed by atoms with Gasteiger partial charge in [0.15, 0.2) is 0 Å². The number of hydrogen-bond donors (Lipinski definition) is 1. The molecule has 2 aromatic rings. The molecule has 0 aromatic heterocycles. The Labute approximate surface area is 169 Å². The smallest absolute Gasteiger partial charge is 0.308 e. The number of amides is 1. The van der Waals surface area contributed by atoms with Gasteiger partial charge in [0.05, 0.1) is 11.3 Å². The third-order valence-corrected chi connectivity index (χ3v) is 5.44. The fraction of sp³-hybridized carbons (Fsp3) is 0.263. The molecule has 7 nitrogen and oxygen atoms in total. The Bertz CT molecular complexity index is 932. The van der Waals surface area contributed by atoms with Crippen molar-refractivity contribution in [3.63, 3.8) is 0 Å². The second-order valence-electron chi connectivity index (χ2n) is 6.12. The van der Waals surface area contributed by atoms with Gasteiger partial charge in [-0.15, -0.1) is 0 Å². The van der Waals surface area contributed by atoms with Gasteiger partial charge in [-0.2, -0.15) is 0 Å². The number of halogens is 1. The van der Waals surface area contributed by atoms with Crippen LogP contribution < -0.4 is 4.72 Å². The minimum absolute atomic E-state index is 0.00156. The van der Waals surface area contributed by atoms with Gasteiger partial charge in [0.2, 0.25) is 16.1 Å². The molecule has 0 aliphatic carbocycles. The number of benzene rings is 2. The second kappa shape index (κ2) is 9.68. The van der Waals surface area contributed by atoms with Crippen LogP contribution in [0.1, 0.15) is 18.1 Å². The van der Waals surface area contributed by atoms with Crippen LogP contribution >= 0.6 is 11.6 Å². The Balaban J connectivity index is 1.98. The normalized spacial score (nSPS) is 12.2. The summed E-state index contributed by atoms with van der Waals surface area (Å²) in [6.07, 6.45) is -1.32. The molecule has 0 saturated heterocycles. The fourth-order valence-corrected chi connectivity index (χ4v) is 3.65. The third kappa shape index (κ3) is 6.05. The van der Waals surface area contributed by atoms with Gasteiger partial charge in [-0.25, -0.2) is 13.1 Å². The lowest BCUT2D eigenvalue weighted by molar-refractivity contribution is -0.159. The first-order chi connectivity index (χ1) is 13.2. The lowest BCUT2D eigenvalue weighted by atomic mass is 10.1. The second-order valence-corrected chi connectivity index (χ2v) is 8.32. The highest BCUT2D eigenvalue weighted by atomic mass is 35.5. The molecular weight excluding hydrogens is 404 g/mol. The quantitative estimate of drug-likeness (QED) is 0.657. The molecule has 0 fully saturated rings. The van der Waals surface area contributed by atoms with E-state index in [0.717, 1.165) is 0 Å². The molecule has 150 valence electrons. The van der Waals surface area contributed by atoms with Crippen LogP contribution in [-0.2, 0) is 24.3 Å². The monoisotopic (exact) mass is 424 g/mol. The number of nitrogens with one attached hydrogen (secondary N) is 1. The van der Waals surface area contributed by atoms with Gasteiger partial charge in [-0.05, 0) is 18.2 Å². The molecule has 1 atom stereocenters. The lowest BCUT2D eigenvalue weighted by Gasteiger charge is -2.21. The van der Waals surface area contributed by atoms with Crippen LogP contribution in [0.2, 0.25) is 5.02 Å². The van der Waals surface area contributed by atoms with Gasteiger partial charge in [-0.3, -0.25) is 9.59 Å². The summed E-state index contributed by atoms with van der Waals surface area (Å²) in [5, 5.41) is 0.287. The molecule has 2 rings (SSSR count). The first-order valence-electron chi connectivity index (χ1n) is 8.41. The number of hydrogen-bond acceptors (Lipinski definition) is 5. The first-order valence-corrected chi connectivity index (χ1v) is 10.3. The molecule has 9 heteroatoms. The van der Waals surface area contributed by atoms with E-state index >= 15 is 0 Å². The topological polar surface area (TPSA) is 92.8 Å². The molecule has 1 N–H and O–H groups in total. The summed E-state index contributed by atoms with van der Waals surface area (Å²) in [6.45, 7) is -0.175. The Kier molecular flexibility index (Phi) is 7.56. The van der Waals surface area contributed by atoms with E-state index < -0.39 is 22.1 Å². The van der Waals surface area contributed by atoms with Crippen LogP contribution in [0.15, 0.2) is 59.5 Å². The zero-order chi connectivity index (χ0) is 20.7. The molecule has 0 heterocycles. The molecule has 0 radical (unpaired) electrons. The van der Waals surface area contributed by atoms with Gasteiger partial charge in [0.1, 0.15) is 0 Å². The van der Waals surface area contributed by atoms with E-state index in [-0.39, 0.29) is 28.8 Å². The number of sulfonamides is 1. The van der Waals surface area contributed by atoms with E-state index in [1.807, 2.05) is 0 Å². The van der Waals surface area contributed by atoms with Gasteiger partial charge >= 0.3 is 5.97 Å². The number of likely N-dealkylation sites (N-methyl/N-ethyl adjacent to an activating group) is 1. The molecule has 1 unspecified atom stereocenters. The van der Waals surface area contributed by atoms with E-state index in [4.69, 9.17) is 16.3 Å². The maximum Gasteiger partial charge on any atom is 0.308 e. The maximum absolute atomic E-state index is 12.4. The Hall–Kier alpha value is -2.42. The Morgan fingerprint density at radius 3 is 2.39 bits per heavy atom. The summed E-state index contributed by atoms with van der Waals surface area (Å²) in [4.78, 5) is 25.9. The summed E-state index contributed by atoms with van der Waals surface area (Å²) < 4.78 is 32.1. The number of carbonyl (C=O) groups is 2. The minimum Gasteiger partial charge on any atom is -0.447 e. The number of esters is 1. The van der Waals surface area contributed by atoms with Gasteiger partial charge < -0.3 is 9.64 Å². The van der Waals surface area contributed by atoms with E-state index in [9.17, 15) is 18.0 Å². The van der Waals surface area contributed by atoms with Gasteiger partial charge in [-0.1, -0.05) is 48.0 Å². The molecule has 0 aliphatic rings. The van der Waals surface area contributed by atoms with Crippen LogP contribution in [0.4, 0.5) is 0 Å². The third-order valence-electron chi connectivity index (χ3n) is 3.74. The standard InChI is InChI=1S/C19H21ClN2O5S/c1-22(2)19(24)18(14-7-4-3-5-8-14)27-17(23)11-12-21-28(25,26)16-10-6-9-15(20)13-16/h3-10,13,18,21H,11-12H2,1-2H3. The van der Waals surface area contributed by atoms with Gasteiger partial charge in [0.25, 0.3) is 5.91 Å². The SMILES string of the molecule is CN(C)C(=O)C(OC(=O)CCNS(=O)(=O)c1cccc(Cl)c1)c1ccccc1. The molecule has 2 aromatic carbocycles. The number of carbonyl (C=O) groups excluding carboxylic acids is 2. The number of nitrogens with zero attached hydrogens (tertiary/aromatic N) is 1. The van der Waals surface area contributed by atoms with Crippen LogP contribution in [0.5, 0.6) is 0 Å². The average molecular weight is 425 g/mol. The predicted molar refractivity (Wildman–Crippen MR) is 105 cm³/mol. The zero-order valence-electron chi connectivity index (χ0n) is 15.5. The average Bonchev–Trinajstić information content (AvgIpc) is 2.66. The summed E-state index contributed by atoms with van der Waals surface area (Å²) in [5.74, 6) is -1.09. The van der Waals surface area contributed by atoms with Crippen molar-refractivity contribution in [2.45, 2.75) is 17.4 Å². The van der Waals surface area contributed by atoms with Crippen molar-refractivity contribution >= 4 is 33.5 Å². The van der Waals surface area contributed by atoms with E-state index in [0.29, 0.717) is 5.56 Å². The van der Waals surface area contributed by atoms with E-state index in [2.05, 4.69) is 4.72 Å². The van der Waals surface area contributed by atoms with E-state index in [1.54, 1.807) is 50.5 Å². The number of rotatable bonds is 8. The highest BCUT2D eigenvalue weighted by molar-refractivity contribution is 7.89. The van der Waals surface area contributed by atoms with Crippen molar-refractivity contribution in [2.75, 3.05) is 20.6 Å². The van der Waals surface area contributed by atoms with Crippen LogP contribution in [0.3, 0.4) is 0 Å². The summed E-state index contributed by atoms with van der Waals surface area (Å²) in [6, 6.07) is 14.4. The zero-order valence-corrected chi connectivity index (χ0v) is 17.0. The largest absolute Gasteiger partial charge is 0.447 e. The van der Waals surface area contributed by atoms with Crippen molar-refractivity contribution < 1.29 is 22.7 Å². The minimum atomic E-state index is -3.81. The summed E-state index contributed by atoms with van der Waals surface area (Å²) >= 11 is 5.80.